The highest BCUT2D eigenvalue weighted by Gasteiger charge is 2.34. The van der Waals surface area contributed by atoms with Crippen LogP contribution in [0.25, 0.3) is 0 Å². The predicted octanol–water partition coefficient (Wildman–Crippen LogP) is 3.88. The minimum absolute atomic E-state index is 0.0947. The lowest BCUT2D eigenvalue weighted by Crippen LogP contribution is -2.32. The van der Waals surface area contributed by atoms with Crippen molar-refractivity contribution in [3.63, 3.8) is 0 Å². The van der Waals surface area contributed by atoms with Gasteiger partial charge in [0.1, 0.15) is 0 Å². The molecule has 28 heavy (non-hydrogen) atoms. The van der Waals surface area contributed by atoms with E-state index in [0.717, 1.165) is 23.9 Å². The number of alkyl halides is 3. The molecule has 2 N–H and O–H groups in total. The molecule has 146 valence electrons. The summed E-state index contributed by atoms with van der Waals surface area (Å²) >= 11 is 1.06. The van der Waals surface area contributed by atoms with Crippen LogP contribution in [0.1, 0.15) is 12.0 Å². The lowest BCUT2D eigenvalue weighted by molar-refractivity contribution is -0.137. The number of rotatable bonds is 3. The number of fused-ring (bicyclic) bond motifs is 2. The summed E-state index contributed by atoms with van der Waals surface area (Å²) in [4.78, 5) is 25.0. The van der Waals surface area contributed by atoms with Crippen molar-refractivity contribution < 1.29 is 32.2 Å². The molecule has 0 saturated heterocycles. The topological polar surface area (TPSA) is 76.7 Å². The summed E-state index contributed by atoms with van der Waals surface area (Å²) in [5.74, 6) is 0.173. The Labute approximate surface area is 161 Å². The van der Waals surface area contributed by atoms with Crippen LogP contribution in [-0.4, -0.2) is 23.9 Å². The fourth-order valence-corrected chi connectivity index (χ4v) is 3.91. The summed E-state index contributed by atoms with van der Waals surface area (Å²) in [6.07, 6.45) is -4.63. The first-order chi connectivity index (χ1) is 13.3. The Morgan fingerprint density at radius 2 is 1.96 bits per heavy atom. The van der Waals surface area contributed by atoms with Crippen LogP contribution in [0.2, 0.25) is 0 Å². The predicted molar refractivity (Wildman–Crippen MR) is 95.5 cm³/mol. The van der Waals surface area contributed by atoms with E-state index in [-0.39, 0.29) is 18.9 Å². The molecule has 2 aromatic carbocycles. The highest BCUT2D eigenvalue weighted by atomic mass is 32.2. The van der Waals surface area contributed by atoms with Gasteiger partial charge in [0.15, 0.2) is 11.5 Å². The smallest absolute Gasteiger partial charge is 0.416 e. The molecule has 2 aromatic rings. The molecular weight excluding hydrogens is 397 g/mol. The Morgan fingerprint density at radius 3 is 2.75 bits per heavy atom. The third-order valence-corrected chi connectivity index (χ3v) is 5.43. The second-order valence-electron chi connectivity index (χ2n) is 6.12. The largest absolute Gasteiger partial charge is 0.454 e. The molecule has 2 amide bonds. The van der Waals surface area contributed by atoms with Gasteiger partial charge in [-0.15, -0.1) is 11.8 Å². The fourth-order valence-electron chi connectivity index (χ4n) is 2.82. The first-order valence-corrected chi connectivity index (χ1v) is 9.06. The summed E-state index contributed by atoms with van der Waals surface area (Å²) in [7, 11) is 0. The van der Waals surface area contributed by atoms with Crippen molar-refractivity contribution in [1.82, 2.24) is 0 Å². The van der Waals surface area contributed by atoms with Gasteiger partial charge in [-0.3, -0.25) is 9.59 Å². The van der Waals surface area contributed by atoms with Crippen molar-refractivity contribution in [3.05, 3.63) is 42.0 Å². The summed E-state index contributed by atoms with van der Waals surface area (Å²) in [5.41, 5.74) is -0.255. The first-order valence-electron chi connectivity index (χ1n) is 8.18. The van der Waals surface area contributed by atoms with E-state index >= 15 is 0 Å². The average Bonchev–Trinajstić information content (AvgIpc) is 3.09. The molecular formula is C18H13F3N2O4S. The molecule has 0 aromatic heterocycles. The number of anilines is 2. The van der Waals surface area contributed by atoms with Crippen LogP contribution in [-0.2, 0) is 15.8 Å². The molecule has 0 bridgehead atoms. The molecule has 4 rings (SSSR count). The van der Waals surface area contributed by atoms with Crippen molar-refractivity contribution in [2.75, 3.05) is 17.4 Å². The maximum atomic E-state index is 12.8. The van der Waals surface area contributed by atoms with Gasteiger partial charge in [0.2, 0.25) is 18.6 Å². The van der Waals surface area contributed by atoms with Crippen molar-refractivity contribution in [3.8, 4) is 11.5 Å². The lowest BCUT2D eigenvalue weighted by atomic mass is 10.1. The van der Waals surface area contributed by atoms with Gasteiger partial charge in [-0.2, -0.15) is 13.2 Å². The molecule has 1 atom stereocenters. The number of halogens is 3. The van der Waals surface area contributed by atoms with Crippen LogP contribution >= 0.6 is 11.8 Å². The molecule has 0 aliphatic carbocycles. The molecule has 2 aliphatic heterocycles. The number of benzene rings is 2. The summed E-state index contributed by atoms with van der Waals surface area (Å²) < 4.78 is 48.8. The second kappa shape index (κ2) is 6.93. The zero-order valence-electron chi connectivity index (χ0n) is 14.1. The number of nitrogens with one attached hydrogen (secondary N) is 2. The van der Waals surface area contributed by atoms with Crippen LogP contribution in [0.3, 0.4) is 0 Å². The molecule has 2 aliphatic rings. The number of carbonyl (C=O) groups is 2. The number of hydrogen-bond acceptors (Lipinski definition) is 5. The molecule has 10 heteroatoms. The third-order valence-electron chi connectivity index (χ3n) is 4.15. The minimum Gasteiger partial charge on any atom is -0.454 e. The van der Waals surface area contributed by atoms with Crippen LogP contribution in [0.4, 0.5) is 24.5 Å². The maximum Gasteiger partial charge on any atom is 0.416 e. The van der Waals surface area contributed by atoms with E-state index in [1.54, 1.807) is 18.2 Å². The average molecular weight is 410 g/mol. The Kier molecular flexibility index (Phi) is 4.58. The first kappa shape index (κ1) is 18.5. The number of hydrogen-bond donors (Lipinski definition) is 2. The zero-order chi connectivity index (χ0) is 19.9. The van der Waals surface area contributed by atoms with Crippen molar-refractivity contribution in [1.29, 1.82) is 0 Å². The van der Waals surface area contributed by atoms with Gasteiger partial charge in [0, 0.05) is 23.1 Å². The highest BCUT2D eigenvalue weighted by Crippen LogP contribution is 2.41. The molecule has 0 spiro atoms. The Balaban J connectivity index is 1.43. The van der Waals surface area contributed by atoms with Gasteiger partial charge >= 0.3 is 6.18 Å². The third kappa shape index (κ3) is 3.72. The van der Waals surface area contributed by atoms with E-state index in [1.165, 1.54) is 6.07 Å². The quantitative estimate of drug-likeness (QED) is 0.803. The number of ether oxygens (including phenoxy) is 2. The highest BCUT2D eigenvalue weighted by molar-refractivity contribution is 8.01. The van der Waals surface area contributed by atoms with E-state index in [1.807, 2.05) is 0 Å². The van der Waals surface area contributed by atoms with Crippen molar-refractivity contribution in [2.24, 2.45) is 0 Å². The number of amides is 2. The fraction of sp³-hybridized carbons (Fsp3) is 0.222. The van der Waals surface area contributed by atoms with Gasteiger partial charge < -0.3 is 20.1 Å². The minimum atomic E-state index is -4.49. The Bertz CT molecular complexity index is 964. The van der Waals surface area contributed by atoms with Crippen molar-refractivity contribution >= 4 is 35.0 Å². The van der Waals surface area contributed by atoms with Gasteiger partial charge in [-0.1, -0.05) is 0 Å². The summed E-state index contributed by atoms with van der Waals surface area (Å²) in [5, 5.41) is 4.37. The molecule has 0 saturated carbocycles. The summed E-state index contributed by atoms with van der Waals surface area (Å²) in [6.45, 7) is 0.112. The van der Waals surface area contributed by atoms with E-state index in [0.29, 0.717) is 22.1 Å². The van der Waals surface area contributed by atoms with E-state index in [4.69, 9.17) is 9.47 Å². The van der Waals surface area contributed by atoms with Crippen LogP contribution in [0, 0.1) is 0 Å². The molecule has 0 fully saturated rings. The summed E-state index contributed by atoms with van der Waals surface area (Å²) in [6, 6.07) is 8.06. The van der Waals surface area contributed by atoms with E-state index in [9.17, 15) is 22.8 Å². The SMILES string of the molecule is O=C(CC1Sc2ccc(C(F)(F)F)cc2NC1=O)Nc1ccc2c(c1)OCO2. The van der Waals surface area contributed by atoms with Crippen LogP contribution in [0.5, 0.6) is 11.5 Å². The van der Waals surface area contributed by atoms with E-state index < -0.39 is 28.8 Å². The van der Waals surface area contributed by atoms with Crippen LogP contribution in [0.15, 0.2) is 41.3 Å². The standard InChI is InChI=1S/C18H13F3N2O4S/c19-18(20,21)9-1-4-14-11(5-9)23-17(25)15(28-14)7-16(24)22-10-2-3-12-13(6-10)27-8-26-12/h1-6,15H,7-8H2,(H,22,24)(H,23,25). The number of carbonyl (C=O) groups excluding carboxylic acids is 2. The second-order valence-corrected chi connectivity index (χ2v) is 7.37. The van der Waals surface area contributed by atoms with Gasteiger partial charge in [-0.25, -0.2) is 0 Å². The Hall–Kier alpha value is -2.88. The van der Waals surface area contributed by atoms with Crippen LogP contribution < -0.4 is 20.1 Å². The van der Waals surface area contributed by atoms with Crippen molar-refractivity contribution in [2.45, 2.75) is 22.7 Å². The normalized spacial score (nSPS) is 17.7. The van der Waals surface area contributed by atoms with Gasteiger partial charge in [0.25, 0.3) is 0 Å². The number of thioether (sulfide) groups is 1. The molecule has 2 heterocycles. The van der Waals surface area contributed by atoms with Gasteiger partial charge in [-0.05, 0) is 30.3 Å². The molecule has 1 unspecified atom stereocenters. The monoisotopic (exact) mass is 410 g/mol. The maximum absolute atomic E-state index is 12.8. The van der Waals surface area contributed by atoms with E-state index in [2.05, 4.69) is 10.6 Å². The Morgan fingerprint density at radius 1 is 1.18 bits per heavy atom. The van der Waals surface area contributed by atoms with Gasteiger partial charge in [0.05, 0.1) is 16.5 Å². The zero-order valence-corrected chi connectivity index (χ0v) is 14.9. The lowest BCUT2D eigenvalue weighted by Gasteiger charge is -2.24. The molecule has 0 radical (unpaired) electrons. The molecule has 6 nitrogen and oxygen atoms in total.